The van der Waals surface area contributed by atoms with Crippen LogP contribution in [0.1, 0.15) is 16.0 Å². The summed E-state index contributed by atoms with van der Waals surface area (Å²) in [4.78, 5) is 3.71. The Labute approximate surface area is 127 Å². The van der Waals surface area contributed by atoms with Crippen LogP contribution in [0.25, 0.3) is 0 Å². The fourth-order valence-corrected chi connectivity index (χ4v) is 3.58. The summed E-state index contributed by atoms with van der Waals surface area (Å²) >= 11 is 5.29. The van der Waals surface area contributed by atoms with Gasteiger partial charge >= 0.3 is 0 Å². The van der Waals surface area contributed by atoms with Crippen molar-refractivity contribution in [1.29, 1.82) is 0 Å². The van der Waals surface area contributed by atoms with Gasteiger partial charge in [-0.15, -0.1) is 11.3 Å². The molecule has 2 rings (SSSR count). The highest BCUT2D eigenvalue weighted by Gasteiger charge is 2.04. The number of thiophene rings is 1. The van der Waals surface area contributed by atoms with Crippen LogP contribution in [-0.4, -0.2) is 18.5 Å². The highest BCUT2D eigenvalue weighted by molar-refractivity contribution is 9.10. The molecule has 0 unspecified atom stereocenters. The Balaban J connectivity index is 1.89. The molecule has 2 aromatic rings. The number of nitrogens with two attached hydrogens (primary N) is 1. The van der Waals surface area contributed by atoms with E-state index in [1.807, 2.05) is 0 Å². The van der Waals surface area contributed by atoms with E-state index in [4.69, 9.17) is 5.73 Å². The Kier molecular flexibility index (Phi) is 5.58. The number of hydrogen-bond acceptors (Lipinski definition) is 3. The molecular formula is C15H19BrN2S. The van der Waals surface area contributed by atoms with E-state index < -0.39 is 0 Å². The maximum Gasteiger partial charge on any atom is 0.0328 e. The fourth-order valence-electron chi connectivity index (χ4n) is 2.05. The maximum absolute atomic E-state index is 5.56. The maximum atomic E-state index is 5.56. The average Bonchev–Trinajstić information content (AvgIpc) is 2.77. The second-order valence-electron chi connectivity index (χ2n) is 4.76. The molecule has 102 valence electrons. The molecule has 0 saturated carbocycles. The van der Waals surface area contributed by atoms with Gasteiger partial charge in [-0.05, 0) is 53.1 Å². The Morgan fingerprint density at radius 1 is 1.16 bits per heavy atom. The summed E-state index contributed by atoms with van der Waals surface area (Å²) < 4.78 is 1.17. The number of hydrogen-bond donors (Lipinski definition) is 1. The summed E-state index contributed by atoms with van der Waals surface area (Å²) in [7, 11) is 2.15. The predicted octanol–water partition coefficient (Wildman–Crippen LogP) is 3.64. The number of benzene rings is 1. The molecule has 1 aromatic heterocycles. The van der Waals surface area contributed by atoms with Crippen molar-refractivity contribution in [2.45, 2.75) is 19.5 Å². The van der Waals surface area contributed by atoms with E-state index in [2.05, 4.69) is 63.6 Å². The lowest BCUT2D eigenvalue weighted by atomic mass is 10.1. The van der Waals surface area contributed by atoms with Crippen molar-refractivity contribution in [3.8, 4) is 0 Å². The molecule has 1 aromatic carbocycles. The first-order chi connectivity index (χ1) is 9.17. The molecule has 0 fully saturated rings. The Morgan fingerprint density at radius 2 is 1.84 bits per heavy atom. The van der Waals surface area contributed by atoms with Crippen LogP contribution in [0.2, 0.25) is 0 Å². The fraction of sp³-hybridized carbons (Fsp3) is 0.333. The van der Waals surface area contributed by atoms with Gasteiger partial charge in [-0.25, -0.2) is 0 Å². The zero-order valence-electron chi connectivity index (χ0n) is 11.1. The molecule has 19 heavy (non-hydrogen) atoms. The lowest BCUT2D eigenvalue weighted by Crippen LogP contribution is -2.16. The molecule has 0 saturated heterocycles. The quantitative estimate of drug-likeness (QED) is 0.871. The second kappa shape index (κ2) is 7.20. The minimum Gasteiger partial charge on any atom is -0.330 e. The second-order valence-corrected chi connectivity index (χ2v) is 6.67. The zero-order valence-corrected chi connectivity index (χ0v) is 13.5. The van der Waals surface area contributed by atoms with Crippen LogP contribution < -0.4 is 5.73 Å². The monoisotopic (exact) mass is 338 g/mol. The minimum absolute atomic E-state index is 0.715. The highest BCUT2D eigenvalue weighted by Crippen LogP contribution is 2.21. The van der Waals surface area contributed by atoms with Crippen LogP contribution in [0.4, 0.5) is 0 Å². The van der Waals surface area contributed by atoms with E-state index in [-0.39, 0.29) is 0 Å². The van der Waals surface area contributed by atoms with Crippen molar-refractivity contribution in [3.63, 3.8) is 0 Å². The van der Waals surface area contributed by atoms with E-state index in [9.17, 15) is 0 Å². The average molecular weight is 339 g/mol. The van der Waals surface area contributed by atoms with Gasteiger partial charge in [-0.1, -0.05) is 24.3 Å². The Hall–Kier alpha value is -0.680. The van der Waals surface area contributed by atoms with Gasteiger partial charge < -0.3 is 5.73 Å². The molecule has 2 N–H and O–H groups in total. The summed E-state index contributed by atoms with van der Waals surface area (Å²) in [6.07, 6.45) is 0.958. The molecular weight excluding hydrogens is 320 g/mol. The van der Waals surface area contributed by atoms with Crippen LogP contribution >= 0.6 is 27.3 Å². The van der Waals surface area contributed by atoms with Crippen molar-refractivity contribution in [2.75, 3.05) is 13.6 Å². The van der Waals surface area contributed by atoms with Gasteiger partial charge in [0.05, 0.1) is 0 Å². The predicted molar refractivity (Wildman–Crippen MR) is 86.4 cm³/mol. The van der Waals surface area contributed by atoms with Crippen LogP contribution in [0.3, 0.4) is 0 Å². The third kappa shape index (κ3) is 4.73. The third-order valence-corrected chi connectivity index (χ3v) is 4.64. The van der Waals surface area contributed by atoms with Crippen LogP contribution in [0.5, 0.6) is 0 Å². The van der Waals surface area contributed by atoms with Gasteiger partial charge in [0.25, 0.3) is 0 Å². The van der Waals surface area contributed by atoms with Crippen molar-refractivity contribution < 1.29 is 0 Å². The largest absolute Gasteiger partial charge is 0.330 e. The van der Waals surface area contributed by atoms with E-state index >= 15 is 0 Å². The first-order valence-electron chi connectivity index (χ1n) is 6.36. The minimum atomic E-state index is 0.715. The summed E-state index contributed by atoms with van der Waals surface area (Å²) in [5, 5.41) is 2.13. The lowest BCUT2D eigenvalue weighted by Gasteiger charge is -2.15. The van der Waals surface area contributed by atoms with Crippen LogP contribution in [0.15, 0.2) is 40.2 Å². The highest BCUT2D eigenvalue weighted by atomic mass is 79.9. The smallest absolute Gasteiger partial charge is 0.0328 e. The summed E-state index contributed by atoms with van der Waals surface area (Å²) in [6, 6.07) is 10.9. The zero-order chi connectivity index (χ0) is 13.7. The lowest BCUT2D eigenvalue weighted by molar-refractivity contribution is 0.322. The molecule has 0 aliphatic rings. The van der Waals surface area contributed by atoms with Crippen LogP contribution in [-0.2, 0) is 19.5 Å². The van der Waals surface area contributed by atoms with Crippen molar-refractivity contribution in [2.24, 2.45) is 5.73 Å². The van der Waals surface area contributed by atoms with Crippen molar-refractivity contribution >= 4 is 27.3 Å². The first kappa shape index (κ1) is 14.7. The summed E-state index contributed by atoms with van der Waals surface area (Å²) in [5.74, 6) is 0. The molecule has 0 amide bonds. The van der Waals surface area contributed by atoms with Gasteiger partial charge in [0.15, 0.2) is 0 Å². The summed E-state index contributed by atoms with van der Waals surface area (Å²) in [6.45, 7) is 2.67. The number of halogens is 1. The normalized spacial score (nSPS) is 11.2. The van der Waals surface area contributed by atoms with Gasteiger partial charge in [0.2, 0.25) is 0 Å². The molecule has 0 aliphatic heterocycles. The standard InChI is InChI=1S/C15H19BrN2S/c1-18(10-15-8-14(16)11-19-15)9-13-4-2-12(3-5-13)6-7-17/h2-5,8,11H,6-7,9-10,17H2,1H3. The van der Waals surface area contributed by atoms with Crippen molar-refractivity contribution in [1.82, 2.24) is 4.90 Å². The van der Waals surface area contributed by atoms with E-state index in [0.29, 0.717) is 6.54 Å². The third-order valence-electron chi connectivity index (χ3n) is 2.96. The number of rotatable bonds is 6. The first-order valence-corrected chi connectivity index (χ1v) is 8.04. The molecule has 2 nitrogen and oxygen atoms in total. The Bertz CT molecular complexity index is 507. The SMILES string of the molecule is CN(Cc1ccc(CCN)cc1)Cc1cc(Br)cs1. The van der Waals surface area contributed by atoms with E-state index in [0.717, 1.165) is 19.5 Å². The molecule has 0 radical (unpaired) electrons. The topological polar surface area (TPSA) is 29.3 Å². The van der Waals surface area contributed by atoms with Gasteiger partial charge in [-0.3, -0.25) is 4.90 Å². The van der Waals surface area contributed by atoms with E-state index in [1.165, 1.54) is 20.5 Å². The molecule has 0 bridgehead atoms. The van der Waals surface area contributed by atoms with E-state index in [1.54, 1.807) is 11.3 Å². The molecule has 0 atom stereocenters. The molecule has 4 heteroatoms. The van der Waals surface area contributed by atoms with Crippen LogP contribution in [0, 0.1) is 0 Å². The Morgan fingerprint density at radius 3 is 2.42 bits per heavy atom. The van der Waals surface area contributed by atoms with Gasteiger partial charge in [0, 0.05) is 27.8 Å². The van der Waals surface area contributed by atoms with Crippen molar-refractivity contribution in [3.05, 3.63) is 56.2 Å². The molecule has 0 aliphatic carbocycles. The van der Waals surface area contributed by atoms with Gasteiger partial charge in [0.1, 0.15) is 0 Å². The molecule has 0 spiro atoms. The molecule has 1 heterocycles. The summed E-state index contributed by atoms with van der Waals surface area (Å²) in [5.41, 5.74) is 8.22. The van der Waals surface area contributed by atoms with Gasteiger partial charge in [-0.2, -0.15) is 0 Å². The number of nitrogens with zero attached hydrogens (tertiary/aromatic N) is 1.